The molecule has 4 rings (SSSR count). The lowest BCUT2D eigenvalue weighted by molar-refractivity contribution is -0.128. The zero-order valence-electron chi connectivity index (χ0n) is 14.3. The first-order valence-electron chi connectivity index (χ1n) is 8.56. The molecule has 1 aromatic carbocycles. The lowest BCUT2D eigenvalue weighted by atomic mass is 10.1. The Labute approximate surface area is 154 Å². The number of aryl methyl sites for hydroxylation is 1. The Morgan fingerprint density at radius 2 is 2.19 bits per heavy atom. The van der Waals surface area contributed by atoms with Gasteiger partial charge in [0, 0.05) is 43.3 Å². The maximum atomic E-state index is 13.7. The van der Waals surface area contributed by atoms with E-state index in [4.69, 9.17) is 0 Å². The lowest BCUT2D eigenvalue weighted by Crippen LogP contribution is -2.30. The molecule has 26 heavy (non-hydrogen) atoms. The van der Waals surface area contributed by atoms with E-state index in [9.17, 15) is 14.0 Å². The van der Waals surface area contributed by atoms with Gasteiger partial charge in [-0.25, -0.2) is 9.37 Å². The number of rotatable bonds is 5. The molecule has 2 aromatic rings. The van der Waals surface area contributed by atoms with E-state index >= 15 is 0 Å². The highest BCUT2D eigenvalue weighted by Crippen LogP contribution is 2.35. The highest BCUT2D eigenvalue weighted by atomic mass is 32.2. The second kappa shape index (κ2) is 6.75. The Balaban J connectivity index is 1.50. The predicted molar refractivity (Wildman–Crippen MR) is 95.2 cm³/mol. The van der Waals surface area contributed by atoms with Crippen molar-refractivity contribution in [3.8, 4) is 0 Å². The average molecular weight is 374 g/mol. The Bertz CT molecular complexity index is 865. The number of imidazole rings is 1. The van der Waals surface area contributed by atoms with Crippen molar-refractivity contribution in [2.24, 2.45) is 13.0 Å². The Hall–Kier alpha value is -2.35. The van der Waals surface area contributed by atoms with E-state index in [1.54, 1.807) is 17.2 Å². The largest absolute Gasteiger partial charge is 0.339 e. The summed E-state index contributed by atoms with van der Waals surface area (Å²) in [6.07, 6.45) is 5.77. The van der Waals surface area contributed by atoms with Crippen LogP contribution in [0.25, 0.3) is 0 Å². The number of hydrogen-bond acceptors (Lipinski definition) is 4. The second-order valence-electron chi connectivity index (χ2n) is 6.73. The van der Waals surface area contributed by atoms with E-state index in [2.05, 4.69) is 10.3 Å². The highest BCUT2D eigenvalue weighted by molar-refractivity contribution is 7.99. The molecule has 1 N–H and O–H groups in total. The molecule has 1 saturated heterocycles. The summed E-state index contributed by atoms with van der Waals surface area (Å²) in [6.45, 7) is 0.451. The van der Waals surface area contributed by atoms with Crippen molar-refractivity contribution in [3.05, 3.63) is 36.4 Å². The van der Waals surface area contributed by atoms with Gasteiger partial charge in [0.1, 0.15) is 5.82 Å². The molecule has 0 radical (unpaired) electrons. The predicted octanol–water partition coefficient (Wildman–Crippen LogP) is 2.66. The van der Waals surface area contributed by atoms with Crippen molar-refractivity contribution in [1.29, 1.82) is 0 Å². The normalized spacial score (nSPS) is 19.8. The maximum absolute atomic E-state index is 13.7. The SMILES string of the molecule is Cn1ccnc1Sc1ccc(F)cc1NC(=O)C1CC(=O)N(C2CC2)C1. The summed E-state index contributed by atoms with van der Waals surface area (Å²) >= 11 is 1.35. The second-order valence-corrected chi connectivity index (χ2v) is 7.74. The van der Waals surface area contributed by atoms with Crippen LogP contribution in [0.3, 0.4) is 0 Å². The van der Waals surface area contributed by atoms with Crippen molar-refractivity contribution < 1.29 is 14.0 Å². The van der Waals surface area contributed by atoms with Crippen LogP contribution in [0.2, 0.25) is 0 Å². The number of halogens is 1. The number of carbonyl (C=O) groups is 2. The fourth-order valence-electron chi connectivity index (χ4n) is 3.12. The van der Waals surface area contributed by atoms with Crippen LogP contribution in [0.15, 0.2) is 40.6 Å². The third kappa shape index (κ3) is 3.46. The number of nitrogens with zero attached hydrogens (tertiary/aromatic N) is 3. The van der Waals surface area contributed by atoms with Gasteiger partial charge in [-0.15, -0.1) is 0 Å². The molecule has 1 aliphatic heterocycles. The summed E-state index contributed by atoms with van der Waals surface area (Å²) in [5.74, 6) is -1.02. The minimum atomic E-state index is -0.424. The summed E-state index contributed by atoms with van der Waals surface area (Å²) in [6, 6.07) is 4.60. The van der Waals surface area contributed by atoms with Crippen LogP contribution >= 0.6 is 11.8 Å². The first kappa shape index (κ1) is 17.1. The fraction of sp³-hybridized carbons (Fsp3) is 0.389. The van der Waals surface area contributed by atoms with Crippen LogP contribution in [0, 0.1) is 11.7 Å². The minimum absolute atomic E-state index is 0.0366. The summed E-state index contributed by atoms with van der Waals surface area (Å²) in [4.78, 5) is 31.5. The van der Waals surface area contributed by atoms with Gasteiger partial charge in [0.15, 0.2) is 5.16 Å². The number of aromatic nitrogens is 2. The highest BCUT2D eigenvalue weighted by Gasteiger charge is 2.41. The van der Waals surface area contributed by atoms with Gasteiger partial charge in [-0.2, -0.15) is 0 Å². The summed E-state index contributed by atoms with van der Waals surface area (Å²) in [7, 11) is 1.87. The summed E-state index contributed by atoms with van der Waals surface area (Å²) < 4.78 is 15.6. The standard InChI is InChI=1S/C18H19FN4O2S/c1-22-7-6-20-18(22)26-15-5-2-12(19)9-14(15)21-17(25)11-8-16(24)23(10-11)13-3-4-13/h2,5-7,9,11,13H,3-4,8,10H2,1H3,(H,21,25). The molecule has 0 bridgehead atoms. The molecule has 136 valence electrons. The van der Waals surface area contributed by atoms with E-state index in [0.29, 0.717) is 23.2 Å². The lowest BCUT2D eigenvalue weighted by Gasteiger charge is -2.16. The van der Waals surface area contributed by atoms with Gasteiger partial charge < -0.3 is 14.8 Å². The van der Waals surface area contributed by atoms with Gasteiger partial charge in [0.2, 0.25) is 11.8 Å². The molecule has 2 amide bonds. The van der Waals surface area contributed by atoms with Gasteiger partial charge >= 0.3 is 0 Å². The molecule has 1 aromatic heterocycles. The number of anilines is 1. The van der Waals surface area contributed by atoms with E-state index in [0.717, 1.165) is 18.0 Å². The molecule has 1 aliphatic carbocycles. The maximum Gasteiger partial charge on any atom is 0.229 e. The van der Waals surface area contributed by atoms with Gasteiger partial charge in [0.05, 0.1) is 11.6 Å². The van der Waals surface area contributed by atoms with Gasteiger partial charge in [0.25, 0.3) is 0 Å². The van der Waals surface area contributed by atoms with Crippen LogP contribution in [-0.4, -0.2) is 38.9 Å². The number of hydrogen-bond donors (Lipinski definition) is 1. The smallest absolute Gasteiger partial charge is 0.229 e. The minimum Gasteiger partial charge on any atom is -0.339 e. The average Bonchev–Trinajstić information content (AvgIpc) is 3.26. The molecular formula is C18H19FN4O2S. The third-order valence-corrected chi connectivity index (χ3v) is 5.85. The van der Waals surface area contributed by atoms with Crippen molar-refractivity contribution in [2.75, 3.05) is 11.9 Å². The number of carbonyl (C=O) groups excluding carboxylic acids is 2. The number of benzene rings is 1. The van der Waals surface area contributed by atoms with E-state index in [1.165, 1.54) is 23.9 Å². The molecule has 1 saturated carbocycles. The number of amides is 2. The quantitative estimate of drug-likeness (QED) is 0.874. The Morgan fingerprint density at radius 3 is 2.88 bits per heavy atom. The molecule has 2 fully saturated rings. The Morgan fingerprint density at radius 1 is 1.38 bits per heavy atom. The number of nitrogens with one attached hydrogen (secondary N) is 1. The van der Waals surface area contributed by atoms with Crippen LogP contribution < -0.4 is 5.32 Å². The van der Waals surface area contributed by atoms with Crippen molar-refractivity contribution in [3.63, 3.8) is 0 Å². The molecule has 0 spiro atoms. The molecule has 2 heterocycles. The monoisotopic (exact) mass is 374 g/mol. The fourth-order valence-corrected chi connectivity index (χ4v) is 3.99. The zero-order chi connectivity index (χ0) is 18.3. The van der Waals surface area contributed by atoms with Crippen molar-refractivity contribution >= 4 is 29.3 Å². The van der Waals surface area contributed by atoms with Gasteiger partial charge in [-0.3, -0.25) is 9.59 Å². The van der Waals surface area contributed by atoms with Crippen LogP contribution in [-0.2, 0) is 16.6 Å². The topological polar surface area (TPSA) is 67.2 Å². The van der Waals surface area contributed by atoms with Crippen molar-refractivity contribution in [2.45, 2.75) is 35.4 Å². The van der Waals surface area contributed by atoms with Crippen LogP contribution in [0.4, 0.5) is 10.1 Å². The van der Waals surface area contributed by atoms with Crippen LogP contribution in [0.5, 0.6) is 0 Å². The van der Waals surface area contributed by atoms with Crippen molar-refractivity contribution in [1.82, 2.24) is 14.5 Å². The summed E-state index contributed by atoms with van der Waals surface area (Å²) in [5.41, 5.74) is 0.403. The van der Waals surface area contributed by atoms with E-state index < -0.39 is 11.7 Å². The molecule has 8 heteroatoms. The first-order valence-corrected chi connectivity index (χ1v) is 9.38. The third-order valence-electron chi connectivity index (χ3n) is 4.69. The molecule has 6 nitrogen and oxygen atoms in total. The van der Waals surface area contributed by atoms with E-state index in [1.807, 2.05) is 17.8 Å². The summed E-state index contributed by atoms with van der Waals surface area (Å²) in [5, 5.41) is 3.55. The van der Waals surface area contributed by atoms with Gasteiger partial charge in [-0.05, 0) is 42.8 Å². The molecule has 2 aliphatic rings. The first-order chi connectivity index (χ1) is 12.5. The van der Waals surface area contributed by atoms with Crippen LogP contribution in [0.1, 0.15) is 19.3 Å². The molecule has 1 atom stereocenters. The van der Waals surface area contributed by atoms with E-state index in [-0.39, 0.29) is 18.2 Å². The molecule has 1 unspecified atom stereocenters. The number of likely N-dealkylation sites (tertiary alicyclic amines) is 1. The molecular weight excluding hydrogens is 355 g/mol. The van der Waals surface area contributed by atoms with Gasteiger partial charge in [-0.1, -0.05) is 0 Å². The zero-order valence-corrected chi connectivity index (χ0v) is 15.1. The Kier molecular flexibility index (Phi) is 4.44.